The number of halogens is 3. The highest BCUT2D eigenvalue weighted by Crippen LogP contribution is 2.28. The predicted octanol–water partition coefficient (Wildman–Crippen LogP) is 2.89. The molecule has 0 radical (unpaired) electrons. The zero-order valence-corrected chi connectivity index (χ0v) is 10.3. The quantitative estimate of drug-likeness (QED) is 0.774. The molecule has 0 saturated carbocycles. The number of anilines is 1. The van der Waals surface area contributed by atoms with Gasteiger partial charge in [-0.1, -0.05) is 13.0 Å². The lowest BCUT2D eigenvalue weighted by Gasteiger charge is -2.11. The molecule has 1 heterocycles. The van der Waals surface area contributed by atoms with Crippen molar-refractivity contribution in [3.8, 4) is 0 Å². The lowest BCUT2D eigenvalue weighted by molar-refractivity contribution is -0.141. The van der Waals surface area contributed by atoms with Crippen molar-refractivity contribution < 1.29 is 13.2 Å². The molecule has 1 unspecified atom stereocenters. The smallest absolute Gasteiger partial charge is 0.370 e. The lowest BCUT2D eigenvalue weighted by atomic mass is 10.1. The van der Waals surface area contributed by atoms with Crippen molar-refractivity contribution in [2.45, 2.75) is 25.9 Å². The van der Waals surface area contributed by atoms with E-state index < -0.39 is 11.9 Å². The first-order valence-corrected chi connectivity index (χ1v) is 5.91. The number of rotatable bonds is 6. The van der Waals surface area contributed by atoms with E-state index in [4.69, 9.17) is 5.73 Å². The summed E-state index contributed by atoms with van der Waals surface area (Å²) in [5, 5.41) is 2.88. The van der Waals surface area contributed by atoms with Crippen molar-refractivity contribution in [2.75, 3.05) is 18.4 Å². The molecule has 1 aromatic rings. The van der Waals surface area contributed by atoms with Gasteiger partial charge in [0.2, 0.25) is 0 Å². The summed E-state index contributed by atoms with van der Waals surface area (Å²) in [6.45, 7) is 3.27. The van der Waals surface area contributed by atoms with Crippen molar-refractivity contribution in [1.82, 2.24) is 4.98 Å². The van der Waals surface area contributed by atoms with Gasteiger partial charge in [0.05, 0.1) is 0 Å². The molecule has 0 saturated heterocycles. The highest BCUT2D eigenvalue weighted by molar-refractivity contribution is 5.35. The molecule has 0 bridgehead atoms. The summed E-state index contributed by atoms with van der Waals surface area (Å²) in [6, 6.07) is 3.84. The van der Waals surface area contributed by atoms with Crippen molar-refractivity contribution in [3.63, 3.8) is 0 Å². The van der Waals surface area contributed by atoms with Crippen LogP contribution in [-0.4, -0.2) is 18.1 Å². The molecule has 18 heavy (non-hydrogen) atoms. The Morgan fingerprint density at radius 1 is 1.39 bits per heavy atom. The Labute approximate surface area is 105 Å². The van der Waals surface area contributed by atoms with Crippen LogP contribution in [0.3, 0.4) is 0 Å². The van der Waals surface area contributed by atoms with Gasteiger partial charge in [0, 0.05) is 6.54 Å². The fraction of sp³-hybridized carbons (Fsp3) is 0.583. The number of nitrogens with two attached hydrogens (primary N) is 1. The van der Waals surface area contributed by atoms with Crippen molar-refractivity contribution in [1.29, 1.82) is 0 Å². The van der Waals surface area contributed by atoms with E-state index in [0.717, 1.165) is 18.9 Å². The average Bonchev–Trinajstić information content (AvgIpc) is 2.33. The highest BCUT2D eigenvalue weighted by Gasteiger charge is 2.32. The topological polar surface area (TPSA) is 50.9 Å². The number of alkyl halides is 3. The van der Waals surface area contributed by atoms with E-state index in [9.17, 15) is 13.2 Å². The van der Waals surface area contributed by atoms with E-state index >= 15 is 0 Å². The molecule has 1 atom stereocenters. The monoisotopic (exact) mass is 261 g/mol. The predicted molar refractivity (Wildman–Crippen MR) is 65.2 cm³/mol. The highest BCUT2D eigenvalue weighted by atomic mass is 19.4. The van der Waals surface area contributed by atoms with E-state index in [-0.39, 0.29) is 5.82 Å². The second kappa shape index (κ2) is 6.58. The number of pyridine rings is 1. The van der Waals surface area contributed by atoms with E-state index in [1.54, 1.807) is 0 Å². The summed E-state index contributed by atoms with van der Waals surface area (Å²) in [4.78, 5) is 3.52. The maximum Gasteiger partial charge on any atom is 0.433 e. The van der Waals surface area contributed by atoms with Crippen molar-refractivity contribution in [3.05, 3.63) is 23.9 Å². The molecule has 0 aliphatic rings. The van der Waals surface area contributed by atoms with Gasteiger partial charge in [-0.3, -0.25) is 0 Å². The molecule has 0 fully saturated rings. The fourth-order valence-electron chi connectivity index (χ4n) is 1.48. The first kappa shape index (κ1) is 14.8. The number of nitrogens with zero attached hydrogens (tertiary/aromatic N) is 1. The summed E-state index contributed by atoms with van der Waals surface area (Å²) in [5.41, 5.74) is 4.60. The summed E-state index contributed by atoms with van der Waals surface area (Å²) in [6.07, 6.45) is -2.59. The Morgan fingerprint density at radius 2 is 2.11 bits per heavy atom. The van der Waals surface area contributed by atoms with Gasteiger partial charge < -0.3 is 11.1 Å². The number of hydrogen-bond donors (Lipinski definition) is 2. The minimum atomic E-state index is -4.40. The Hall–Kier alpha value is -1.30. The lowest BCUT2D eigenvalue weighted by Crippen LogP contribution is -2.13. The largest absolute Gasteiger partial charge is 0.433 e. The second-order valence-electron chi connectivity index (χ2n) is 4.32. The summed E-state index contributed by atoms with van der Waals surface area (Å²) >= 11 is 0. The van der Waals surface area contributed by atoms with E-state index in [0.29, 0.717) is 19.0 Å². The van der Waals surface area contributed by atoms with Crippen LogP contribution < -0.4 is 11.1 Å². The molecule has 3 N–H and O–H groups in total. The van der Waals surface area contributed by atoms with Crippen LogP contribution in [-0.2, 0) is 6.18 Å². The minimum absolute atomic E-state index is 0.255. The number of aromatic nitrogens is 1. The molecule has 6 heteroatoms. The third-order valence-electron chi connectivity index (χ3n) is 2.62. The molecule has 0 aliphatic carbocycles. The zero-order valence-electron chi connectivity index (χ0n) is 10.3. The molecule has 0 aromatic carbocycles. The van der Waals surface area contributed by atoms with Crippen LogP contribution in [0.2, 0.25) is 0 Å². The Kier molecular flexibility index (Phi) is 5.40. The van der Waals surface area contributed by atoms with E-state index in [1.165, 1.54) is 12.1 Å². The Bertz CT molecular complexity index is 366. The molecular formula is C12H18F3N3. The Balaban J connectivity index is 2.43. The van der Waals surface area contributed by atoms with Crippen molar-refractivity contribution >= 4 is 5.82 Å². The van der Waals surface area contributed by atoms with Crippen LogP contribution in [0.4, 0.5) is 19.0 Å². The normalized spacial score (nSPS) is 13.4. The number of hydrogen-bond acceptors (Lipinski definition) is 3. The molecule has 1 rings (SSSR count). The summed E-state index contributed by atoms with van der Waals surface area (Å²) in [5.74, 6) is 0.687. The van der Waals surface area contributed by atoms with Crippen LogP contribution in [0, 0.1) is 5.92 Å². The molecule has 1 aromatic heterocycles. The first-order valence-electron chi connectivity index (χ1n) is 5.91. The Morgan fingerprint density at radius 3 is 2.72 bits per heavy atom. The van der Waals surface area contributed by atoms with Gasteiger partial charge >= 0.3 is 6.18 Å². The average molecular weight is 261 g/mol. The first-order chi connectivity index (χ1) is 8.43. The van der Waals surface area contributed by atoms with Gasteiger partial charge in [-0.2, -0.15) is 13.2 Å². The second-order valence-corrected chi connectivity index (χ2v) is 4.32. The molecular weight excluding hydrogens is 243 g/mol. The van der Waals surface area contributed by atoms with Crippen LogP contribution in [0.25, 0.3) is 0 Å². The zero-order chi connectivity index (χ0) is 13.6. The summed E-state index contributed by atoms with van der Waals surface area (Å²) in [7, 11) is 0. The molecule has 3 nitrogen and oxygen atoms in total. The summed E-state index contributed by atoms with van der Waals surface area (Å²) < 4.78 is 37.2. The van der Waals surface area contributed by atoms with E-state index in [1.807, 2.05) is 6.92 Å². The van der Waals surface area contributed by atoms with Crippen LogP contribution in [0.5, 0.6) is 0 Å². The van der Waals surface area contributed by atoms with Gasteiger partial charge in [0.1, 0.15) is 11.5 Å². The minimum Gasteiger partial charge on any atom is -0.370 e. The van der Waals surface area contributed by atoms with Crippen LogP contribution in [0.1, 0.15) is 25.5 Å². The van der Waals surface area contributed by atoms with Crippen LogP contribution in [0.15, 0.2) is 18.2 Å². The standard InChI is InChI=1S/C12H18F3N3/c1-9(8-16)4-3-7-17-11-6-2-5-10(18-11)12(13,14)15/h2,5-6,9H,3-4,7-8,16H2,1H3,(H,17,18). The van der Waals surface area contributed by atoms with E-state index in [2.05, 4.69) is 10.3 Å². The molecule has 0 spiro atoms. The van der Waals surface area contributed by atoms with Crippen LogP contribution >= 0.6 is 0 Å². The fourth-order valence-corrected chi connectivity index (χ4v) is 1.48. The maximum absolute atomic E-state index is 12.4. The third-order valence-corrected chi connectivity index (χ3v) is 2.62. The van der Waals surface area contributed by atoms with Gasteiger partial charge in [-0.25, -0.2) is 4.98 Å². The van der Waals surface area contributed by atoms with Gasteiger partial charge in [0.25, 0.3) is 0 Å². The molecule has 0 amide bonds. The third kappa shape index (κ3) is 4.91. The van der Waals surface area contributed by atoms with Gasteiger partial charge in [-0.15, -0.1) is 0 Å². The SMILES string of the molecule is CC(CN)CCCNc1cccc(C(F)(F)F)n1. The molecule has 102 valence electrons. The van der Waals surface area contributed by atoms with Crippen molar-refractivity contribution in [2.24, 2.45) is 11.7 Å². The van der Waals surface area contributed by atoms with Gasteiger partial charge in [-0.05, 0) is 37.4 Å². The maximum atomic E-state index is 12.4. The molecule has 0 aliphatic heterocycles. The van der Waals surface area contributed by atoms with Gasteiger partial charge in [0.15, 0.2) is 0 Å². The number of nitrogens with one attached hydrogen (secondary N) is 1.